The quantitative estimate of drug-likeness (QED) is 0.441. The molecule has 0 aliphatic heterocycles. The van der Waals surface area contributed by atoms with Gasteiger partial charge in [-0.25, -0.2) is 24.3 Å². The maximum Gasteiger partial charge on any atom is 2.00 e. The number of halogens is 2. The van der Waals surface area contributed by atoms with Gasteiger partial charge >= 0.3 is 26.2 Å². The molecule has 0 fully saturated rings. The van der Waals surface area contributed by atoms with Crippen LogP contribution in [0.1, 0.15) is 12.8 Å². The molecular formula is C22H23Cl2SiZr. The summed E-state index contributed by atoms with van der Waals surface area (Å²) in [5.74, 6) is 0. The van der Waals surface area contributed by atoms with Gasteiger partial charge < -0.3 is 0 Å². The van der Waals surface area contributed by atoms with Crippen LogP contribution >= 0.6 is 24.8 Å². The molecule has 0 nitrogen and oxygen atoms in total. The molecule has 2 aliphatic carbocycles. The van der Waals surface area contributed by atoms with Crippen LogP contribution in [0.4, 0.5) is 0 Å². The molecule has 0 N–H and O–H groups in total. The normalized spacial score (nSPS) is 11.7. The Balaban J connectivity index is 0. The van der Waals surface area contributed by atoms with E-state index in [9.17, 15) is 0 Å². The molecule has 26 heavy (non-hydrogen) atoms. The zero-order valence-corrected chi connectivity index (χ0v) is 19.8. The van der Waals surface area contributed by atoms with Crippen molar-refractivity contribution in [1.29, 1.82) is 0 Å². The number of hydrogen-bond donors (Lipinski definition) is 0. The van der Waals surface area contributed by atoms with E-state index in [1.807, 2.05) is 24.3 Å². The number of allylic oxidation sites excluding steroid dienone is 8. The molecule has 0 heterocycles. The van der Waals surface area contributed by atoms with Gasteiger partial charge in [-0.05, 0) is 0 Å². The third-order valence-electron chi connectivity index (χ3n) is 3.10. The molecule has 133 valence electrons. The van der Waals surface area contributed by atoms with Gasteiger partial charge in [-0.15, -0.1) is 37.7 Å². The molecule has 2 aromatic carbocycles. The summed E-state index contributed by atoms with van der Waals surface area (Å²) in [5.41, 5.74) is 0. The molecule has 2 aromatic rings. The van der Waals surface area contributed by atoms with Crippen molar-refractivity contribution in [3.05, 3.63) is 109 Å². The molecule has 0 spiro atoms. The van der Waals surface area contributed by atoms with Crippen LogP contribution in [0.25, 0.3) is 0 Å². The van der Waals surface area contributed by atoms with Crippen LogP contribution in [0.3, 0.4) is 0 Å². The Morgan fingerprint density at radius 1 is 0.615 bits per heavy atom. The zero-order valence-electron chi connectivity index (χ0n) is 14.5. The first-order valence-electron chi connectivity index (χ1n) is 7.83. The Kier molecular flexibility index (Phi) is 19.8. The van der Waals surface area contributed by atoms with Crippen LogP contribution in [-0.2, 0) is 26.2 Å². The van der Waals surface area contributed by atoms with E-state index < -0.39 is 0 Å². The summed E-state index contributed by atoms with van der Waals surface area (Å²) < 4.78 is 0. The van der Waals surface area contributed by atoms with Gasteiger partial charge in [0.25, 0.3) is 0 Å². The molecular weight excluding hydrogens is 454 g/mol. The van der Waals surface area contributed by atoms with Crippen LogP contribution in [0, 0.1) is 12.2 Å². The second kappa shape index (κ2) is 18.9. The molecule has 4 rings (SSSR count). The second-order valence-electron chi connectivity index (χ2n) is 4.97. The molecule has 0 unspecified atom stereocenters. The van der Waals surface area contributed by atoms with Crippen LogP contribution in [0.2, 0.25) is 0 Å². The van der Waals surface area contributed by atoms with Gasteiger partial charge in [0, 0.05) is 0 Å². The topological polar surface area (TPSA) is 0 Å². The predicted octanol–water partition coefficient (Wildman–Crippen LogP) is 4.53. The minimum absolute atomic E-state index is 0. The largest absolute Gasteiger partial charge is 2.00 e. The fourth-order valence-electron chi connectivity index (χ4n) is 1.97. The minimum atomic E-state index is 0. The van der Waals surface area contributed by atoms with E-state index in [1.54, 1.807) is 0 Å². The van der Waals surface area contributed by atoms with E-state index in [1.165, 1.54) is 10.4 Å². The van der Waals surface area contributed by atoms with E-state index in [-0.39, 0.29) is 60.5 Å². The first kappa shape index (κ1) is 27.3. The maximum atomic E-state index is 2.99. The van der Waals surface area contributed by atoms with Gasteiger partial charge in [-0.2, -0.15) is 12.2 Å². The predicted molar refractivity (Wildman–Crippen MR) is 117 cm³/mol. The first-order chi connectivity index (χ1) is 11.4. The summed E-state index contributed by atoms with van der Waals surface area (Å²) in [5, 5.41) is 2.90. The molecule has 1 radical (unpaired) electrons. The molecule has 0 bridgehead atoms. The molecule has 0 atom stereocenters. The Hall–Kier alpha value is -0.920. The third-order valence-corrected chi connectivity index (χ3v) is 4.54. The van der Waals surface area contributed by atoms with Gasteiger partial charge in [0.1, 0.15) is 9.52 Å². The Morgan fingerprint density at radius 3 is 1.23 bits per heavy atom. The Labute approximate surface area is 192 Å². The molecule has 0 saturated heterocycles. The summed E-state index contributed by atoms with van der Waals surface area (Å²) in [6.45, 7) is 0. The van der Waals surface area contributed by atoms with Crippen LogP contribution in [-0.4, -0.2) is 9.52 Å². The minimum Gasteiger partial charge on any atom is -0.273 e. The summed E-state index contributed by atoms with van der Waals surface area (Å²) in [6.07, 6.45) is 20.0. The Morgan fingerprint density at radius 2 is 1.00 bits per heavy atom. The molecule has 4 heteroatoms. The van der Waals surface area contributed by atoms with E-state index >= 15 is 0 Å². The standard InChI is InChI=1S/C12H11Si.2C5H5.2ClH.Zr/c1-3-7-11(8-4-1)13-12-9-5-2-6-10-12;2*1-2-4-5-3-1;;;/h1-10,13H;2*1-3H,4H2;2*1H;/q;2*-1;;;+2. The smallest absolute Gasteiger partial charge is 0.273 e. The third kappa shape index (κ3) is 13.3. The summed E-state index contributed by atoms with van der Waals surface area (Å²) in [7, 11) is 0.271. The number of benzene rings is 2. The van der Waals surface area contributed by atoms with E-state index in [0.29, 0.717) is 0 Å². The molecule has 0 saturated carbocycles. The maximum absolute atomic E-state index is 2.99. The molecule has 2 aliphatic rings. The monoisotopic (exact) mass is 475 g/mol. The van der Waals surface area contributed by atoms with Crippen molar-refractivity contribution in [3.63, 3.8) is 0 Å². The van der Waals surface area contributed by atoms with Gasteiger partial charge in [0.2, 0.25) is 0 Å². The van der Waals surface area contributed by atoms with Crippen molar-refractivity contribution < 1.29 is 26.2 Å². The van der Waals surface area contributed by atoms with Crippen molar-refractivity contribution in [3.8, 4) is 0 Å². The van der Waals surface area contributed by atoms with Crippen molar-refractivity contribution in [2.75, 3.05) is 0 Å². The van der Waals surface area contributed by atoms with Crippen molar-refractivity contribution in [2.45, 2.75) is 12.8 Å². The van der Waals surface area contributed by atoms with Crippen molar-refractivity contribution >= 4 is 44.7 Å². The average Bonchev–Trinajstić information content (AvgIpc) is 3.35. The van der Waals surface area contributed by atoms with E-state index in [0.717, 1.165) is 12.8 Å². The average molecular weight is 478 g/mol. The van der Waals surface area contributed by atoms with Gasteiger partial charge in [-0.3, -0.25) is 12.2 Å². The van der Waals surface area contributed by atoms with Gasteiger partial charge in [0.05, 0.1) is 0 Å². The molecule has 0 amide bonds. The van der Waals surface area contributed by atoms with E-state index in [2.05, 4.69) is 85.0 Å². The van der Waals surface area contributed by atoms with Crippen LogP contribution in [0.15, 0.2) is 97.1 Å². The number of rotatable bonds is 2. The summed E-state index contributed by atoms with van der Waals surface area (Å²) in [4.78, 5) is 0. The van der Waals surface area contributed by atoms with Crippen molar-refractivity contribution in [1.82, 2.24) is 0 Å². The molecule has 0 aromatic heterocycles. The first-order valence-corrected chi connectivity index (χ1v) is 8.99. The van der Waals surface area contributed by atoms with Crippen LogP contribution in [0.5, 0.6) is 0 Å². The van der Waals surface area contributed by atoms with Gasteiger partial charge in [0.15, 0.2) is 0 Å². The van der Waals surface area contributed by atoms with Gasteiger partial charge in [-0.1, -0.05) is 71.0 Å². The fourth-order valence-corrected chi connectivity index (χ4v) is 3.19. The zero-order chi connectivity index (χ0) is 16.0. The number of hydrogen-bond acceptors (Lipinski definition) is 0. The van der Waals surface area contributed by atoms with Crippen molar-refractivity contribution in [2.24, 2.45) is 0 Å². The fraction of sp³-hybridized carbons (Fsp3) is 0.0909. The van der Waals surface area contributed by atoms with E-state index in [4.69, 9.17) is 0 Å². The summed E-state index contributed by atoms with van der Waals surface area (Å²) in [6, 6.07) is 21.3. The van der Waals surface area contributed by atoms with Crippen LogP contribution < -0.4 is 10.4 Å². The Bertz CT molecular complexity index is 586. The second-order valence-corrected chi connectivity index (χ2v) is 6.59. The SMILES string of the molecule is Cl.Cl.[C-]1=CC=CC1.[C-]1=CC=CC1.[Zr+2].c1ccc([SiH]c2ccccc2)cc1. The summed E-state index contributed by atoms with van der Waals surface area (Å²) >= 11 is 0.